The van der Waals surface area contributed by atoms with E-state index < -0.39 is 0 Å². The number of rotatable bonds is 4. The molecule has 0 saturated heterocycles. The van der Waals surface area contributed by atoms with Gasteiger partial charge in [-0.25, -0.2) is 4.98 Å². The zero-order valence-electron chi connectivity index (χ0n) is 8.74. The molecule has 0 unspecified atom stereocenters. The third kappa shape index (κ3) is 3.18. The van der Waals surface area contributed by atoms with Gasteiger partial charge in [-0.3, -0.25) is 0 Å². The molecular formula is C9H16N4O. The maximum absolute atomic E-state index is 5.44. The van der Waals surface area contributed by atoms with Crippen LogP contribution >= 0.6 is 0 Å². The Hall–Kier alpha value is -1.36. The highest BCUT2D eigenvalue weighted by Crippen LogP contribution is 2.09. The summed E-state index contributed by atoms with van der Waals surface area (Å²) in [7, 11) is 1.68. The fourth-order valence-electron chi connectivity index (χ4n) is 0.848. The quantitative estimate of drug-likeness (QED) is 0.748. The Kier molecular flexibility index (Phi) is 3.24. The summed E-state index contributed by atoms with van der Waals surface area (Å²) < 4.78 is 5.25. The standard InChI is InChI=1S/C9H16N4O/c1-9(2,14-3)6-12-7-4-5-11-8(10)13-7/h4-5H,6H2,1-3H3,(H3,10,11,12,13). The predicted octanol–water partition coefficient (Wildman–Crippen LogP) is 0.896. The van der Waals surface area contributed by atoms with Gasteiger partial charge in [0.2, 0.25) is 5.95 Å². The molecule has 3 N–H and O–H groups in total. The van der Waals surface area contributed by atoms with Crippen LogP contribution in [0.15, 0.2) is 12.3 Å². The lowest BCUT2D eigenvalue weighted by Crippen LogP contribution is -2.32. The lowest BCUT2D eigenvalue weighted by atomic mass is 10.1. The molecule has 0 bridgehead atoms. The van der Waals surface area contributed by atoms with Gasteiger partial charge in [0.25, 0.3) is 0 Å². The van der Waals surface area contributed by atoms with Crippen molar-refractivity contribution in [2.75, 3.05) is 24.7 Å². The van der Waals surface area contributed by atoms with E-state index >= 15 is 0 Å². The molecule has 0 radical (unpaired) electrons. The second-order valence-electron chi connectivity index (χ2n) is 3.62. The van der Waals surface area contributed by atoms with Crippen LogP contribution < -0.4 is 11.1 Å². The van der Waals surface area contributed by atoms with Crippen molar-refractivity contribution < 1.29 is 4.74 Å². The molecule has 0 aromatic carbocycles. The zero-order chi connectivity index (χ0) is 10.6. The summed E-state index contributed by atoms with van der Waals surface area (Å²) in [6.07, 6.45) is 1.62. The maximum Gasteiger partial charge on any atom is 0.221 e. The molecule has 0 spiro atoms. The molecule has 78 valence electrons. The molecule has 0 fully saturated rings. The van der Waals surface area contributed by atoms with E-state index in [4.69, 9.17) is 10.5 Å². The van der Waals surface area contributed by atoms with Crippen molar-refractivity contribution in [3.8, 4) is 0 Å². The fourth-order valence-corrected chi connectivity index (χ4v) is 0.848. The van der Waals surface area contributed by atoms with Crippen molar-refractivity contribution in [2.45, 2.75) is 19.4 Å². The monoisotopic (exact) mass is 196 g/mol. The zero-order valence-corrected chi connectivity index (χ0v) is 8.74. The van der Waals surface area contributed by atoms with Crippen molar-refractivity contribution in [3.63, 3.8) is 0 Å². The third-order valence-corrected chi connectivity index (χ3v) is 1.92. The van der Waals surface area contributed by atoms with Crippen LogP contribution in [-0.2, 0) is 4.74 Å². The minimum absolute atomic E-state index is 0.223. The first kappa shape index (κ1) is 10.7. The first-order chi connectivity index (χ1) is 6.53. The largest absolute Gasteiger partial charge is 0.377 e. The third-order valence-electron chi connectivity index (χ3n) is 1.92. The second-order valence-corrected chi connectivity index (χ2v) is 3.62. The number of nitrogen functional groups attached to an aromatic ring is 1. The van der Waals surface area contributed by atoms with Crippen molar-refractivity contribution in [3.05, 3.63) is 12.3 Å². The minimum atomic E-state index is -0.223. The predicted molar refractivity (Wildman–Crippen MR) is 56.0 cm³/mol. The van der Waals surface area contributed by atoms with E-state index in [-0.39, 0.29) is 11.5 Å². The van der Waals surface area contributed by atoms with Crippen LogP contribution in [0.3, 0.4) is 0 Å². The van der Waals surface area contributed by atoms with Crippen molar-refractivity contribution in [1.82, 2.24) is 9.97 Å². The summed E-state index contributed by atoms with van der Waals surface area (Å²) in [5.41, 5.74) is 5.21. The Morgan fingerprint density at radius 3 is 2.86 bits per heavy atom. The maximum atomic E-state index is 5.44. The molecule has 0 atom stereocenters. The van der Waals surface area contributed by atoms with Crippen LogP contribution in [0.5, 0.6) is 0 Å². The number of ether oxygens (including phenoxy) is 1. The molecule has 0 aliphatic heterocycles. The molecule has 1 heterocycles. The van der Waals surface area contributed by atoms with E-state index in [9.17, 15) is 0 Å². The molecule has 0 aliphatic carbocycles. The van der Waals surface area contributed by atoms with Crippen molar-refractivity contribution in [2.24, 2.45) is 0 Å². The van der Waals surface area contributed by atoms with Gasteiger partial charge >= 0.3 is 0 Å². The number of nitrogens with two attached hydrogens (primary N) is 1. The number of hydrogen-bond acceptors (Lipinski definition) is 5. The summed E-state index contributed by atoms with van der Waals surface area (Å²) in [6, 6.07) is 1.77. The Bertz CT molecular complexity index is 301. The van der Waals surface area contributed by atoms with Gasteiger partial charge in [0.1, 0.15) is 5.82 Å². The van der Waals surface area contributed by atoms with Gasteiger partial charge in [-0.1, -0.05) is 0 Å². The summed E-state index contributed by atoms with van der Waals surface area (Å²) in [6.45, 7) is 4.65. The van der Waals surface area contributed by atoms with E-state index in [0.717, 1.165) is 0 Å². The van der Waals surface area contributed by atoms with Crippen molar-refractivity contribution in [1.29, 1.82) is 0 Å². The van der Waals surface area contributed by atoms with Crippen LogP contribution in [0.2, 0.25) is 0 Å². The highest BCUT2D eigenvalue weighted by atomic mass is 16.5. The average molecular weight is 196 g/mol. The highest BCUT2D eigenvalue weighted by molar-refractivity contribution is 5.37. The number of aromatic nitrogens is 2. The van der Waals surface area contributed by atoms with Gasteiger partial charge in [-0.05, 0) is 19.9 Å². The number of anilines is 2. The SMILES string of the molecule is COC(C)(C)CNc1ccnc(N)n1. The Morgan fingerprint density at radius 2 is 2.29 bits per heavy atom. The number of methoxy groups -OCH3 is 1. The first-order valence-electron chi connectivity index (χ1n) is 4.41. The number of nitrogens with zero attached hydrogens (tertiary/aromatic N) is 2. The molecule has 1 aromatic rings. The van der Waals surface area contributed by atoms with E-state index in [2.05, 4.69) is 15.3 Å². The number of hydrogen-bond donors (Lipinski definition) is 2. The van der Waals surface area contributed by atoms with Crippen LogP contribution in [0.4, 0.5) is 11.8 Å². The van der Waals surface area contributed by atoms with Crippen molar-refractivity contribution >= 4 is 11.8 Å². The van der Waals surface area contributed by atoms with Crippen LogP contribution in [0.1, 0.15) is 13.8 Å². The van der Waals surface area contributed by atoms with E-state index in [1.165, 1.54) is 0 Å². The molecule has 0 saturated carbocycles. The van der Waals surface area contributed by atoms with Gasteiger partial charge in [-0.15, -0.1) is 0 Å². The van der Waals surface area contributed by atoms with Gasteiger partial charge in [0, 0.05) is 19.9 Å². The van der Waals surface area contributed by atoms with E-state index in [1.54, 1.807) is 19.4 Å². The summed E-state index contributed by atoms with van der Waals surface area (Å²) in [5.74, 6) is 0.979. The van der Waals surface area contributed by atoms with Gasteiger partial charge in [0.05, 0.1) is 5.60 Å². The molecular weight excluding hydrogens is 180 g/mol. The lowest BCUT2D eigenvalue weighted by Gasteiger charge is -2.23. The molecule has 0 amide bonds. The van der Waals surface area contributed by atoms with E-state index in [1.807, 2.05) is 13.8 Å². The molecule has 5 nitrogen and oxygen atoms in total. The summed E-state index contributed by atoms with van der Waals surface area (Å²) in [5, 5.41) is 3.12. The summed E-state index contributed by atoms with van der Waals surface area (Å²) >= 11 is 0. The lowest BCUT2D eigenvalue weighted by molar-refractivity contribution is 0.0343. The number of nitrogens with one attached hydrogen (secondary N) is 1. The highest BCUT2D eigenvalue weighted by Gasteiger charge is 2.15. The molecule has 1 rings (SSSR count). The van der Waals surface area contributed by atoms with Gasteiger partial charge in [0.15, 0.2) is 0 Å². The van der Waals surface area contributed by atoms with Crippen LogP contribution in [0, 0.1) is 0 Å². The van der Waals surface area contributed by atoms with E-state index in [0.29, 0.717) is 12.4 Å². The smallest absolute Gasteiger partial charge is 0.221 e. The second kappa shape index (κ2) is 4.23. The normalized spacial score (nSPS) is 11.4. The van der Waals surface area contributed by atoms with Crippen LogP contribution in [0.25, 0.3) is 0 Å². The Balaban J connectivity index is 2.54. The Morgan fingerprint density at radius 1 is 1.57 bits per heavy atom. The molecule has 5 heteroatoms. The topological polar surface area (TPSA) is 73.1 Å². The minimum Gasteiger partial charge on any atom is -0.377 e. The molecule has 1 aromatic heterocycles. The average Bonchev–Trinajstić information content (AvgIpc) is 2.15. The first-order valence-corrected chi connectivity index (χ1v) is 4.41. The van der Waals surface area contributed by atoms with Crippen LogP contribution in [-0.4, -0.2) is 29.2 Å². The van der Waals surface area contributed by atoms with Gasteiger partial charge < -0.3 is 15.8 Å². The van der Waals surface area contributed by atoms with Gasteiger partial charge in [-0.2, -0.15) is 4.98 Å². The Labute approximate surface area is 83.7 Å². The fraction of sp³-hybridized carbons (Fsp3) is 0.556. The summed E-state index contributed by atoms with van der Waals surface area (Å²) in [4.78, 5) is 7.81. The molecule has 14 heavy (non-hydrogen) atoms. The molecule has 0 aliphatic rings.